The first-order valence-corrected chi connectivity index (χ1v) is 9.51. The number of unbranched alkanes of at least 4 members (excludes halogenated alkanes) is 1. The third kappa shape index (κ3) is 10.8. The summed E-state index contributed by atoms with van der Waals surface area (Å²) in [6.07, 6.45) is 5.86. The van der Waals surface area contributed by atoms with Crippen LogP contribution in [-0.4, -0.2) is 14.1 Å². The van der Waals surface area contributed by atoms with Crippen molar-refractivity contribution in [2.24, 2.45) is 11.8 Å². The van der Waals surface area contributed by atoms with Gasteiger partial charge in [0.05, 0.1) is 0 Å². The van der Waals surface area contributed by atoms with Gasteiger partial charge in [-0.15, -0.1) is 0 Å². The van der Waals surface area contributed by atoms with Crippen LogP contribution in [0.15, 0.2) is 0 Å². The van der Waals surface area contributed by atoms with Gasteiger partial charge in [0.2, 0.25) is 0 Å². The van der Waals surface area contributed by atoms with Crippen molar-refractivity contribution in [1.29, 1.82) is 0 Å². The number of hydrogen-bond acceptors (Lipinski definition) is 0. The second kappa shape index (κ2) is 9.74. The minimum atomic E-state index is -0.364. The highest BCUT2D eigenvalue weighted by molar-refractivity contribution is 6.58. The highest BCUT2D eigenvalue weighted by Crippen LogP contribution is 2.19. The van der Waals surface area contributed by atoms with Gasteiger partial charge in [-0.3, -0.25) is 0 Å². The molecule has 0 bridgehead atoms. The van der Waals surface area contributed by atoms with E-state index >= 15 is 0 Å². The van der Waals surface area contributed by atoms with Crippen molar-refractivity contribution in [3.05, 3.63) is 0 Å². The van der Waals surface area contributed by atoms with Crippen LogP contribution < -0.4 is 0 Å². The molecule has 15 heavy (non-hydrogen) atoms. The van der Waals surface area contributed by atoms with E-state index in [-0.39, 0.29) is 14.1 Å². The van der Waals surface area contributed by atoms with Crippen LogP contribution in [0.25, 0.3) is 0 Å². The lowest BCUT2D eigenvalue weighted by Crippen LogP contribution is -2.13. The van der Waals surface area contributed by atoms with Gasteiger partial charge in [0.25, 0.3) is 14.1 Å². The standard InChI is InChI=1S/2C5H11.C4H9.Al/c2*1-4-5(2)3;1-3-4-2;/h2*5H,1,4H2,2-3H3;1,3-4H2,2H3;. The topological polar surface area (TPSA) is 0 Å². The average molecular weight is 226 g/mol. The highest BCUT2D eigenvalue weighted by Gasteiger charge is 2.16. The van der Waals surface area contributed by atoms with Gasteiger partial charge in [0.15, 0.2) is 0 Å². The summed E-state index contributed by atoms with van der Waals surface area (Å²) in [5.41, 5.74) is 0. The van der Waals surface area contributed by atoms with Crippen molar-refractivity contribution < 1.29 is 0 Å². The van der Waals surface area contributed by atoms with Gasteiger partial charge < -0.3 is 0 Å². The van der Waals surface area contributed by atoms with Crippen LogP contribution in [0.4, 0.5) is 0 Å². The first-order valence-electron chi connectivity index (χ1n) is 7.06. The fourth-order valence-electron chi connectivity index (χ4n) is 2.06. The Labute approximate surface area is 102 Å². The van der Waals surface area contributed by atoms with Crippen LogP contribution in [0.2, 0.25) is 15.8 Å². The van der Waals surface area contributed by atoms with Crippen molar-refractivity contribution in [3.8, 4) is 0 Å². The Balaban J connectivity index is 3.73. The molecule has 0 nitrogen and oxygen atoms in total. The minimum Gasteiger partial charge on any atom is -0.0939 e. The molecule has 0 N–H and O–H groups in total. The van der Waals surface area contributed by atoms with E-state index in [1.807, 2.05) is 0 Å². The Morgan fingerprint density at radius 2 is 1.27 bits per heavy atom. The minimum absolute atomic E-state index is 0.364. The van der Waals surface area contributed by atoms with Crippen molar-refractivity contribution >= 4 is 14.1 Å². The van der Waals surface area contributed by atoms with E-state index in [0.29, 0.717) is 0 Å². The summed E-state index contributed by atoms with van der Waals surface area (Å²) >= 11 is -0.364. The van der Waals surface area contributed by atoms with Crippen LogP contribution in [0, 0.1) is 11.8 Å². The molecule has 0 aliphatic rings. The molecular formula is C14H31Al. The Morgan fingerprint density at radius 1 is 0.800 bits per heavy atom. The molecule has 0 unspecified atom stereocenters. The zero-order chi connectivity index (χ0) is 11.7. The van der Waals surface area contributed by atoms with Gasteiger partial charge >= 0.3 is 0 Å². The third-order valence-electron chi connectivity index (χ3n) is 3.27. The monoisotopic (exact) mass is 226 g/mol. The summed E-state index contributed by atoms with van der Waals surface area (Å²) < 4.78 is 0. The summed E-state index contributed by atoms with van der Waals surface area (Å²) in [4.78, 5) is 0. The van der Waals surface area contributed by atoms with E-state index in [4.69, 9.17) is 0 Å². The molecule has 0 spiro atoms. The Hall–Kier alpha value is 0.532. The van der Waals surface area contributed by atoms with Gasteiger partial charge in [-0.05, 0) is 11.8 Å². The molecule has 0 aromatic carbocycles. The van der Waals surface area contributed by atoms with E-state index < -0.39 is 0 Å². The smallest absolute Gasteiger partial charge is 0.0939 e. The van der Waals surface area contributed by atoms with Gasteiger partial charge in [-0.1, -0.05) is 76.2 Å². The molecule has 0 rings (SSSR count). The molecule has 0 saturated heterocycles. The van der Waals surface area contributed by atoms with E-state index in [1.165, 1.54) is 25.7 Å². The number of rotatable bonds is 9. The molecule has 0 saturated carbocycles. The summed E-state index contributed by atoms with van der Waals surface area (Å²) in [5.74, 6) is 1.83. The highest BCUT2D eigenvalue weighted by atomic mass is 27.2. The average Bonchev–Trinajstić information content (AvgIpc) is 2.16. The first kappa shape index (κ1) is 15.5. The molecule has 0 aromatic rings. The van der Waals surface area contributed by atoms with Crippen molar-refractivity contribution in [3.63, 3.8) is 0 Å². The van der Waals surface area contributed by atoms with E-state index in [9.17, 15) is 0 Å². The molecular weight excluding hydrogens is 195 g/mol. The van der Waals surface area contributed by atoms with Gasteiger partial charge in [-0.2, -0.15) is 0 Å². The molecule has 0 aliphatic heterocycles. The van der Waals surface area contributed by atoms with E-state index in [1.54, 1.807) is 15.8 Å². The Morgan fingerprint density at radius 3 is 1.60 bits per heavy atom. The maximum atomic E-state index is 2.37. The first-order chi connectivity index (χ1) is 7.06. The lowest BCUT2D eigenvalue weighted by Gasteiger charge is -2.14. The van der Waals surface area contributed by atoms with E-state index in [0.717, 1.165) is 11.8 Å². The molecule has 0 amide bonds. The predicted octanol–water partition coefficient (Wildman–Crippen LogP) is 5.37. The summed E-state index contributed by atoms with van der Waals surface area (Å²) in [7, 11) is 0. The summed E-state index contributed by atoms with van der Waals surface area (Å²) in [5, 5.41) is 4.81. The Kier molecular flexibility index (Phi) is 10.1. The fraction of sp³-hybridized carbons (Fsp3) is 1.00. The molecule has 0 radical (unpaired) electrons. The number of hydrogen-bond donors (Lipinski definition) is 0. The fourth-order valence-corrected chi connectivity index (χ4v) is 6.19. The zero-order valence-corrected chi connectivity index (χ0v) is 12.8. The van der Waals surface area contributed by atoms with Crippen molar-refractivity contribution in [2.45, 2.75) is 76.2 Å². The van der Waals surface area contributed by atoms with Crippen LogP contribution in [0.3, 0.4) is 0 Å². The molecule has 0 aliphatic carbocycles. The summed E-state index contributed by atoms with van der Waals surface area (Å²) in [6, 6.07) is 0. The molecule has 0 heterocycles. The largest absolute Gasteiger partial charge is 0.261 e. The molecule has 0 fully saturated rings. The van der Waals surface area contributed by atoms with Gasteiger partial charge in [-0.25, -0.2) is 0 Å². The van der Waals surface area contributed by atoms with Crippen LogP contribution in [0.1, 0.15) is 60.3 Å². The predicted molar refractivity (Wildman–Crippen MR) is 74.0 cm³/mol. The maximum Gasteiger partial charge on any atom is 0.261 e. The second-order valence-electron chi connectivity index (χ2n) is 5.95. The Bertz CT molecular complexity index is 117. The zero-order valence-electron chi connectivity index (χ0n) is 11.7. The van der Waals surface area contributed by atoms with Gasteiger partial charge in [0.1, 0.15) is 0 Å². The molecule has 0 aromatic heterocycles. The quantitative estimate of drug-likeness (QED) is 0.463. The molecule has 90 valence electrons. The molecule has 1 heteroatoms. The van der Waals surface area contributed by atoms with Gasteiger partial charge in [0, 0.05) is 0 Å². The second-order valence-corrected chi connectivity index (χ2v) is 9.41. The van der Waals surface area contributed by atoms with Crippen LogP contribution >= 0.6 is 0 Å². The third-order valence-corrected chi connectivity index (χ3v) is 6.79. The maximum absolute atomic E-state index is 2.37. The lowest BCUT2D eigenvalue weighted by atomic mass is 10.2. The van der Waals surface area contributed by atoms with Crippen LogP contribution in [-0.2, 0) is 0 Å². The van der Waals surface area contributed by atoms with Crippen molar-refractivity contribution in [2.75, 3.05) is 0 Å². The normalized spacial score (nSPS) is 11.4. The lowest BCUT2D eigenvalue weighted by molar-refractivity contribution is 0.604. The molecule has 0 atom stereocenters. The van der Waals surface area contributed by atoms with E-state index in [2.05, 4.69) is 34.6 Å². The van der Waals surface area contributed by atoms with Crippen molar-refractivity contribution in [1.82, 2.24) is 0 Å². The summed E-state index contributed by atoms with van der Waals surface area (Å²) in [6.45, 7) is 11.8. The van der Waals surface area contributed by atoms with Crippen LogP contribution in [0.5, 0.6) is 0 Å². The SMILES string of the molecule is CCC[CH2][Al]([CH2]CC(C)C)[CH2]CC(C)C.